The second-order valence-electron chi connectivity index (χ2n) is 12.2. The predicted octanol–water partition coefficient (Wildman–Crippen LogP) is 9.62. The molecule has 2 atom stereocenters. The fourth-order valence-electron chi connectivity index (χ4n) is 6.96. The molecule has 2 nitrogen and oxygen atoms in total. The second-order valence-corrected chi connectivity index (χ2v) is 12.2. The Morgan fingerprint density at radius 2 is 0.976 bits per heavy atom. The smallest absolute Gasteiger partial charge is 0.0551 e. The third-order valence-electron chi connectivity index (χ3n) is 9.64. The van der Waals surface area contributed by atoms with E-state index in [0.717, 1.165) is 17.0 Å². The molecule has 0 bridgehead atoms. The Kier molecular flexibility index (Phi) is 10.1. The number of unbranched alkanes of at least 4 members (excludes halogenated alkanes) is 4. The number of rotatable bonds is 12. The Balaban J connectivity index is 1.38. The van der Waals surface area contributed by atoms with Gasteiger partial charge in [0.1, 0.15) is 0 Å². The van der Waals surface area contributed by atoms with Crippen LogP contribution >= 0.6 is 0 Å². The van der Waals surface area contributed by atoms with Gasteiger partial charge in [-0.1, -0.05) is 155 Å². The molecule has 0 heterocycles. The third kappa shape index (κ3) is 7.00. The molecule has 5 rings (SSSR count). The first-order valence-corrected chi connectivity index (χ1v) is 15.9. The fourth-order valence-corrected chi connectivity index (χ4v) is 6.96. The van der Waals surface area contributed by atoms with E-state index in [9.17, 15) is 0 Å². The van der Waals surface area contributed by atoms with Crippen molar-refractivity contribution >= 4 is 0 Å². The lowest BCUT2D eigenvalue weighted by atomic mass is 9.62. The summed E-state index contributed by atoms with van der Waals surface area (Å²) in [7, 11) is 0. The summed E-state index contributed by atoms with van der Waals surface area (Å²) < 4.78 is 0. The van der Waals surface area contributed by atoms with Gasteiger partial charge in [-0.15, -0.1) is 0 Å². The monoisotopic (exact) mass is 544 g/mol. The molecule has 4 aromatic rings. The van der Waals surface area contributed by atoms with E-state index in [-0.39, 0.29) is 17.5 Å². The molecule has 41 heavy (non-hydrogen) atoms. The summed E-state index contributed by atoms with van der Waals surface area (Å²) in [6.45, 7) is 2.30. The highest BCUT2D eigenvalue weighted by atomic mass is 14.6. The van der Waals surface area contributed by atoms with Crippen molar-refractivity contribution < 1.29 is 0 Å². The van der Waals surface area contributed by atoms with Gasteiger partial charge in [-0.25, -0.2) is 0 Å². The minimum atomic E-state index is -0.108. The van der Waals surface area contributed by atoms with Crippen molar-refractivity contribution in [1.82, 2.24) is 0 Å². The molecule has 0 amide bonds. The summed E-state index contributed by atoms with van der Waals surface area (Å²) in [5.74, 6) is 0.848. The number of hydrogen-bond donors (Lipinski definition) is 2. The van der Waals surface area contributed by atoms with Crippen molar-refractivity contribution in [3.63, 3.8) is 0 Å². The maximum absolute atomic E-state index is 6.67. The van der Waals surface area contributed by atoms with Crippen LogP contribution in [-0.4, -0.2) is 0 Å². The first-order chi connectivity index (χ1) is 20.1. The van der Waals surface area contributed by atoms with Gasteiger partial charge in [-0.05, 0) is 65.0 Å². The van der Waals surface area contributed by atoms with E-state index in [1.807, 2.05) is 12.1 Å². The van der Waals surface area contributed by atoms with Crippen LogP contribution in [0.4, 0.5) is 0 Å². The normalized spacial score (nSPS) is 20.4. The zero-order valence-corrected chi connectivity index (χ0v) is 24.9. The largest absolute Gasteiger partial charge is 0.320 e. The molecule has 4 N–H and O–H groups in total. The Hall–Kier alpha value is -3.20. The Labute approximate surface area is 248 Å². The van der Waals surface area contributed by atoms with Gasteiger partial charge in [-0.3, -0.25) is 0 Å². The fraction of sp³-hybridized carbons (Fsp3) is 0.385. The molecular formula is C39H48N2. The molecule has 1 fully saturated rings. The van der Waals surface area contributed by atoms with E-state index in [1.165, 1.54) is 86.5 Å². The number of benzene rings is 4. The average molecular weight is 545 g/mol. The first kappa shape index (κ1) is 29.3. The first-order valence-electron chi connectivity index (χ1n) is 15.9. The molecule has 1 aliphatic rings. The molecule has 1 saturated carbocycles. The SMILES string of the molecule is CCCCCCCC1CCC(c2ccc(C(N)c3ccccc3)cc2)(c2ccc(C(N)c3ccccc3)cc2)CC1. The Morgan fingerprint density at radius 1 is 0.561 bits per heavy atom. The number of nitrogens with two attached hydrogens (primary N) is 2. The molecular weight excluding hydrogens is 496 g/mol. The van der Waals surface area contributed by atoms with Crippen molar-refractivity contribution in [2.24, 2.45) is 17.4 Å². The highest BCUT2D eigenvalue weighted by Gasteiger charge is 2.38. The molecule has 0 radical (unpaired) electrons. The Bertz CT molecular complexity index is 1210. The highest BCUT2D eigenvalue weighted by Crippen LogP contribution is 2.48. The standard InChI is InChI=1S/C39H48N2/c1-2-3-4-5-8-13-30-26-28-39(29-27-30,35-22-18-33(19-23-35)37(40)31-14-9-6-10-15-31)36-24-20-34(21-25-36)38(41)32-16-11-7-12-17-32/h6-7,9-12,14-25,30,37-38H,2-5,8,13,26-29,40-41H2,1H3. The van der Waals surface area contributed by atoms with Crippen molar-refractivity contribution in [2.75, 3.05) is 0 Å². The quantitative estimate of drug-likeness (QED) is 0.174. The van der Waals surface area contributed by atoms with Crippen LogP contribution in [0, 0.1) is 5.92 Å². The molecule has 0 spiro atoms. The maximum Gasteiger partial charge on any atom is 0.0551 e. The number of hydrogen-bond acceptors (Lipinski definition) is 2. The van der Waals surface area contributed by atoms with E-state index in [0.29, 0.717) is 0 Å². The molecule has 2 heteroatoms. The van der Waals surface area contributed by atoms with Crippen LogP contribution in [-0.2, 0) is 5.41 Å². The van der Waals surface area contributed by atoms with E-state index in [1.54, 1.807) is 0 Å². The lowest BCUT2D eigenvalue weighted by Crippen LogP contribution is -2.33. The summed E-state index contributed by atoms with van der Waals surface area (Å²) in [5, 5.41) is 0. The summed E-state index contributed by atoms with van der Waals surface area (Å²) >= 11 is 0. The van der Waals surface area contributed by atoms with Crippen LogP contribution in [0.25, 0.3) is 0 Å². The van der Waals surface area contributed by atoms with Crippen molar-refractivity contribution in [3.8, 4) is 0 Å². The van der Waals surface area contributed by atoms with Crippen LogP contribution in [0.1, 0.15) is 117 Å². The van der Waals surface area contributed by atoms with E-state index >= 15 is 0 Å². The van der Waals surface area contributed by atoms with Crippen molar-refractivity contribution in [3.05, 3.63) is 143 Å². The van der Waals surface area contributed by atoms with Crippen LogP contribution in [0.3, 0.4) is 0 Å². The zero-order valence-electron chi connectivity index (χ0n) is 24.9. The Morgan fingerprint density at radius 3 is 1.41 bits per heavy atom. The van der Waals surface area contributed by atoms with E-state index in [4.69, 9.17) is 11.5 Å². The highest BCUT2D eigenvalue weighted by molar-refractivity contribution is 5.44. The lowest BCUT2D eigenvalue weighted by molar-refractivity contribution is 0.250. The van der Waals surface area contributed by atoms with Crippen LogP contribution < -0.4 is 11.5 Å². The topological polar surface area (TPSA) is 52.0 Å². The summed E-state index contributed by atoms with van der Waals surface area (Å²) in [4.78, 5) is 0. The molecule has 0 aromatic heterocycles. The molecule has 214 valence electrons. The minimum absolute atomic E-state index is 0.0312. The predicted molar refractivity (Wildman–Crippen MR) is 174 cm³/mol. The summed E-state index contributed by atoms with van der Waals surface area (Å²) in [5.41, 5.74) is 20.8. The van der Waals surface area contributed by atoms with Gasteiger partial charge in [0.05, 0.1) is 12.1 Å². The van der Waals surface area contributed by atoms with E-state index < -0.39 is 0 Å². The van der Waals surface area contributed by atoms with Crippen LogP contribution in [0.2, 0.25) is 0 Å². The molecule has 0 aliphatic heterocycles. The molecule has 0 saturated heterocycles. The van der Waals surface area contributed by atoms with Gasteiger partial charge in [0.15, 0.2) is 0 Å². The van der Waals surface area contributed by atoms with Gasteiger partial charge in [0.2, 0.25) is 0 Å². The molecule has 2 unspecified atom stereocenters. The van der Waals surface area contributed by atoms with E-state index in [2.05, 4.69) is 104 Å². The average Bonchev–Trinajstić information content (AvgIpc) is 3.05. The van der Waals surface area contributed by atoms with Crippen LogP contribution in [0.5, 0.6) is 0 Å². The maximum atomic E-state index is 6.67. The van der Waals surface area contributed by atoms with Gasteiger partial charge in [0.25, 0.3) is 0 Å². The second kappa shape index (κ2) is 14.1. The minimum Gasteiger partial charge on any atom is -0.320 e. The van der Waals surface area contributed by atoms with Gasteiger partial charge >= 0.3 is 0 Å². The van der Waals surface area contributed by atoms with Gasteiger partial charge in [0, 0.05) is 5.41 Å². The van der Waals surface area contributed by atoms with Crippen LogP contribution in [0.15, 0.2) is 109 Å². The van der Waals surface area contributed by atoms with Crippen molar-refractivity contribution in [1.29, 1.82) is 0 Å². The van der Waals surface area contributed by atoms with Gasteiger partial charge < -0.3 is 11.5 Å². The summed E-state index contributed by atoms with van der Waals surface area (Å²) in [6.07, 6.45) is 13.2. The summed E-state index contributed by atoms with van der Waals surface area (Å²) in [6, 6.07) is 39.0. The molecule has 1 aliphatic carbocycles. The lowest BCUT2D eigenvalue weighted by Gasteiger charge is -2.42. The zero-order chi connectivity index (χ0) is 28.5. The third-order valence-corrected chi connectivity index (χ3v) is 9.64. The van der Waals surface area contributed by atoms with Crippen molar-refractivity contribution in [2.45, 2.75) is 88.6 Å². The van der Waals surface area contributed by atoms with Gasteiger partial charge in [-0.2, -0.15) is 0 Å². The molecule has 4 aromatic carbocycles.